The number of benzene rings is 4. The molecule has 5 aromatic rings. The van der Waals surface area contributed by atoms with Gasteiger partial charge in [0, 0.05) is 39.6 Å². The molecule has 67 heavy (non-hydrogen) atoms. The van der Waals surface area contributed by atoms with Gasteiger partial charge >= 0.3 is 0 Å². The third-order valence-corrected chi connectivity index (χ3v) is 12.9. The minimum Gasteiger partial charge on any atom is -0.492 e. The molecule has 13 heteroatoms. The lowest BCUT2D eigenvalue weighted by molar-refractivity contribution is -0.144. The van der Waals surface area contributed by atoms with E-state index >= 15 is 0 Å². The van der Waals surface area contributed by atoms with Crippen LogP contribution >= 0.6 is 11.3 Å². The molecule has 6 rings (SSSR count). The van der Waals surface area contributed by atoms with Crippen molar-refractivity contribution in [3.05, 3.63) is 143 Å². The number of nitrogens with one attached hydrogen (secondary N) is 2. The summed E-state index contributed by atoms with van der Waals surface area (Å²) in [7, 11) is 1.74. The Hall–Kier alpha value is -6.15. The van der Waals surface area contributed by atoms with Crippen LogP contribution in [0, 0.1) is 12.3 Å². The van der Waals surface area contributed by atoms with Gasteiger partial charge in [0.1, 0.15) is 24.4 Å². The Labute approximate surface area is 399 Å². The average Bonchev–Trinajstić information content (AvgIpc) is 3.95. The van der Waals surface area contributed by atoms with Crippen molar-refractivity contribution in [2.45, 2.75) is 91.5 Å². The van der Waals surface area contributed by atoms with E-state index in [-0.39, 0.29) is 63.3 Å². The molecule has 1 fully saturated rings. The summed E-state index contributed by atoms with van der Waals surface area (Å²) in [5, 5.41) is 16.4. The number of hydrogen-bond acceptors (Lipinski definition) is 9. The summed E-state index contributed by atoms with van der Waals surface area (Å²) in [4.78, 5) is 61.9. The highest BCUT2D eigenvalue weighted by Gasteiger charge is 2.44. The number of nitrogens with zero attached hydrogens (tertiary/aromatic N) is 3. The molecule has 4 aromatic carbocycles. The van der Waals surface area contributed by atoms with Gasteiger partial charge in [0.05, 0.1) is 41.8 Å². The third-order valence-electron chi connectivity index (χ3n) is 12.0. The zero-order chi connectivity index (χ0) is 47.9. The van der Waals surface area contributed by atoms with Crippen molar-refractivity contribution >= 4 is 46.1 Å². The summed E-state index contributed by atoms with van der Waals surface area (Å²) in [6, 6.07) is 35.1. The van der Waals surface area contributed by atoms with Crippen LogP contribution < -0.4 is 15.4 Å². The first-order valence-corrected chi connectivity index (χ1v) is 24.0. The van der Waals surface area contributed by atoms with Gasteiger partial charge in [0.15, 0.2) is 0 Å². The number of amides is 4. The van der Waals surface area contributed by atoms with Crippen LogP contribution in [0.3, 0.4) is 0 Å². The zero-order valence-corrected chi connectivity index (χ0v) is 40.4. The Morgan fingerprint density at radius 3 is 2.15 bits per heavy atom. The van der Waals surface area contributed by atoms with Gasteiger partial charge in [-0.2, -0.15) is 0 Å². The molecule has 0 spiro atoms. The fraction of sp³-hybridized carbons (Fsp3) is 0.389. The Balaban J connectivity index is 0.900. The number of carbonyl (C=O) groups is 4. The van der Waals surface area contributed by atoms with E-state index in [1.807, 2.05) is 81.7 Å². The topological polar surface area (TPSA) is 150 Å². The Morgan fingerprint density at radius 2 is 1.52 bits per heavy atom. The molecule has 0 radical (unpaired) electrons. The van der Waals surface area contributed by atoms with Crippen molar-refractivity contribution in [3.8, 4) is 16.2 Å². The number of ether oxygens (including phenoxy) is 2. The number of likely N-dealkylation sites (N-methyl/N-ethyl adjacent to an activating group) is 1. The predicted octanol–water partition coefficient (Wildman–Crippen LogP) is 8.32. The van der Waals surface area contributed by atoms with Gasteiger partial charge in [-0.3, -0.25) is 19.2 Å². The Bertz CT molecular complexity index is 2430. The molecule has 4 amide bonds. The summed E-state index contributed by atoms with van der Waals surface area (Å²) in [5.74, 6) is -0.466. The SMILES string of the molecule is CC/C(=C(\c1ccccc1)c1ccc(OCCN(C)C(=O)CCOCCCC(=O)N[C@H](C(=O)N2C[C@H](O)C[C@H]2C(=O)NCc2ccc(-c3scnc3C)cc2)C(C)(C)C)cc1)c1ccccc1. The molecule has 1 aliphatic rings. The lowest BCUT2D eigenvalue weighted by Crippen LogP contribution is -2.57. The number of aryl methyl sites for hydroxylation is 1. The molecule has 0 bridgehead atoms. The van der Waals surface area contributed by atoms with Crippen molar-refractivity contribution in [2.75, 3.05) is 40.0 Å². The number of likely N-dealkylation sites (tertiary alicyclic amines) is 1. The molecule has 0 saturated carbocycles. The van der Waals surface area contributed by atoms with Crippen LogP contribution in [0.4, 0.5) is 0 Å². The lowest BCUT2D eigenvalue weighted by atomic mass is 9.85. The minimum absolute atomic E-state index is 0.00511. The Kier molecular flexibility index (Phi) is 18.0. The normalized spacial score (nSPS) is 15.7. The molecular formula is C54H65N5O7S. The van der Waals surface area contributed by atoms with Gasteiger partial charge in [-0.15, -0.1) is 11.3 Å². The van der Waals surface area contributed by atoms with E-state index in [1.165, 1.54) is 21.6 Å². The number of β-amino-alcohol motifs (C(OH)–C–C–N with tert-alkyl or cyclic N) is 1. The molecule has 1 aliphatic heterocycles. The van der Waals surface area contributed by atoms with Crippen LogP contribution in [0.5, 0.6) is 5.75 Å². The molecule has 12 nitrogen and oxygen atoms in total. The zero-order valence-electron chi connectivity index (χ0n) is 39.6. The largest absolute Gasteiger partial charge is 0.492 e. The highest BCUT2D eigenvalue weighted by atomic mass is 32.1. The van der Waals surface area contributed by atoms with Crippen LogP contribution in [-0.4, -0.2) is 102 Å². The highest BCUT2D eigenvalue weighted by molar-refractivity contribution is 7.13. The van der Waals surface area contributed by atoms with Gasteiger partial charge in [-0.05, 0) is 76.3 Å². The van der Waals surface area contributed by atoms with E-state index in [2.05, 4.69) is 83.2 Å². The van der Waals surface area contributed by atoms with Crippen molar-refractivity contribution < 1.29 is 33.8 Å². The third kappa shape index (κ3) is 13.9. The second-order valence-electron chi connectivity index (χ2n) is 18.0. The van der Waals surface area contributed by atoms with E-state index in [0.29, 0.717) is 19.6 Å². The van der Waals surface area contributed by atoms with E-state index in [1.54, 1.807) is 23.3 Å². The average molecular weight is 928 g/mol. The minimum atomic E-state index is -0.927. The number of rotatable bonds is 21. The summed E-state index contributed by atoms with van der Waals surface area (Å²) in [5.41, 5.74) is 9.96. The molecule has 354 valence electrons. The van der Waals surface area contributed by atoms with Crippen LogP contribution in [0.1, 0.15) is 87.7 Å². The number of aliphatic hydroxyl groups is 1. The standard InChI is InChI=1S/C54H65N5O7S/c1-7-45(39-15-10-8-11-16-39)49(40-17-12-9-13-18-40)41-24-26-44(27-25-41)66-32-29-58(6)48(62)28-31-65-30-14-19-47(61)57-51(54(3,4)5)53(64)59-35-43(60)33-46(59)52(63)55-34-38-20-22-42(23-21-38)50-37(2)56-36-67-50/h8-13,15-18,20-27,36,43,46,51,60H,7,14,19,28-35H2,1-6H3,(H,55,63)(H,57,61)/b49-45-/t43-,46+,51-/m1/s1. The second-order valence-corrected chi connectivity index (χ2v) is 18.9. The molecule has 1 aromatic heterocycles. The number of aromatic nitrogens is 1. The van der Waals surface area contributed by atoms with Crippen molar-refractivity contribution in [3.63, 3.8) is 0 Å². The van der Waals surface area contributed by atoms with Gasteiger partial charge in [0.2, 0.25) is 23.6 Å². The van der Waals surface area contributed by atoms with Crippen LogP contribution in [-0.2, 0) is 30.5 Å². The van der Waals surface area contributed by atoms with E-state index in [9.17, 15) is 24.3 Å². The fourth-order valence-corrected chi connectivity index (χ4v) is 9.04. The first kappa shape index (κ1) is 50.3. The van der Waals surface area contributed by atoms with Gasteiger partial charge in [-0.1, -0.05) is 125 Å². The molecule has 2 heterocycles. The first-order valence-electron chi connectivity index (χ1n) is 23.2. The molecular weight excluding hydrogens is 863 g/mol. The van der Waals surface area contributed by atoms with E-state index in [4.69, 9.17) is 9.47 Å². The lowest BCUT2D eigenvalue weighted by Gasteiger charge is -2.35. The maximum atomic E-state index is 14.0. The summed E-state index contributed by atoms with van der Waals surface area (Å²) in [6.45, 7) is 11.2. The van der Waals surface area contributed by atoms with E-state index < -0.39 is 29.5 Å². The smallest absolute Gasteiger partial charge is 0.246 e. The van der Waals surface area contributed by atoms with Gasteiger partial charge < -0.3 is 35.0 Å². The van der Waals surface area contributed by atoms with Crippen molar-refractivity contribution in [2.24, 2.45) is 5.41 Å². The van der Waals surface area contributed by atoms with Crippen LogP contribution in [0.25, 0.3) is 21.6 Å². The molecule has 0 aliphatic carbocycles. The maximum Gasteiger partial charge on any atom is 0.246 e. The molecule has 3 N–H and O–H groups in total. The predicted molar refractivity (Wildman–Crippen MR) is 265 cm³/mol. The molecule has 3 atom stereocenters. The van der Waals surface area contributed by atoms with Gasteiger partial charge in [-0.25, -0.2) is 4.98 Å². The van der Waals surface area contributed by atoms with Crippen molar-refractivity contribution in [1.82, 2.24) is 25.4 Å². The molecule has 0 unspecified atom stereocenters. The quantitative estimate of drug-likeness (QED) is 0.0492. The summed E-state index contributed by atoms with van der Waals surface area (Å²) >= 11 is 1.57. The number of aliphatic hydroxyl groups excluding tert-OH is 1. The van der Waals surface area contributed by atoms with Crippen molar-refractivity contribution in [1.29, 1.82) is 0 Å². The van der Waals surface area contributed by atoms with Gasteiger partial charge in [0.25, 0.3) is 0 Å². The van der Waals surface area contributed by atoms with E-state index in [0.717, 1.165) is 45.0 Å². The number of hydrogen-bond donors (Lipinski definition) is 3. The van der Waals surface area contributed by atoms with Crippen LogP contribution in [0.2, 0.25) is 0 Å². The first-order chi connectivity index (χ1) is 32.2. The fourth-order valence-electron chi connectivity index (χ4n) is 8.23. The summed E-state index contributed by atoms with van der Waals surface area (Å²) < 4.78 is 11.8. The monoisotopic (exact) mass is 927 g/mol. The number of carbonyl (C=O) groups excluding carboxylic acids is 4. The number of thiazole rings is 1. The molecule has 1 saturated heterocycles. The summed E-state index contributed by atoms with van der Waals surface area (Å²) in [6.07, 6.45) is 0.799. The maximum absolute atomic E-state index is 14.0. The highest BCUT2D eigenvalue weighted by Crippen LogP contribution is 2.35. The Morgan fingerprint density at radius 1 is 0.866 bits per heavy atom. The number of allylic oxidation sites excluding steroid dienone is 1. The second kappa shape index (κ2) is 24.0. The van der Waals surface area contributed by atoms with Crippen LogP contribution in [0.15, 0.2) is 115 Å².